The lowest BCUT2D eigenvalue weighted by atomic mass is 9.53. The van der Waals surface area contributed by atoms with E-state index in [0.717, 1.165) is 11.8 Å². The Morgan fingerprint density at radius 3 is 2.57 bits per heavy atom. The summed E-state index contributed by atoms with van der Waals surface area (Å²) in [7, 11) is 0. The number of fused-ring (bicyclic) bond motifs is 2. The van der Waals surface area contributed by atoms with Crippen molar-refractivity contribution in [3.63, 3.8) is 0 Å². The van der Waals surface area contributed by atoms with Gasteiger partial charge in [-0.05, 0) is 54.8 Å². The molecule has 0 amide bonds. The van der Waals surface area contributed by atoms with Gasteiger partial charge < -0.3 is 5.11 Å². The topological polar surface area (TPSA) is 20.2 Å². The predicted molar refractivity (Wildman–Crippen MR) is 59.0 cm³/mol. The van der Waals surface area contributed by atoms with Gasteiger partial charge in [0.1, 0.15) is 0 Å². The van der Waals surface area contributed by atoms with Crippen LogP contribution in [-0.2, 0) is 0 Å². The van der Waals surface area contributed by atoms with Gasteiger partial charge in [0.05, 0.1) is 0 Å². The van der Waals surface area contributed by atoms with Crippen LogP contribution in [0.5, 0.6) is 0 Å². The zero-order chi connectivity index (χ0) is 10.4. The fourth-order valence-electron chi connectivity index (χ4n) is 4.52. The maximum atomic E-state index is 9.64. The lowest BCUT2D eigenvalue weighted by molar-refractivity contribution is -0.0541. The zero-order valence-electron chi connectivity index (χ0n) is 9.84. The van der Waals surface area contributed by atoms with Crippen LogP contribution in [0, 0.1) is 22.7 Å². The summed E-state index contributed by atoms with van der Waals surface area (Å²) in [6, 6.07) is 0. The number of hydrogen-bond donors (Lipinski definition) is 1. The van der Waals surface area contributed by atoms with Crippen LogP contribution in [0.4, 0.5) is 0 Å². The van der Waals surface area contributed by atoms with E-state index >= 15 is 0 Å². The van der Waals surface area contributed by atoms with Crippen molar-refractivity contribution in [3.8, 4) is 0 Å². The Labute approximate surface area is 87.9 Å². The Morgan fingerprint density at radius 2 is 1.93 bits per heavy atom. The second kappa shape index (κ2) is 3.23. The highest BCUT2D eigenvalue weighted by molar-refractivity contribution is 4.97. The second-order valence-corrected chi connectivity index (χ2v) is 6.82. The van der Waals surface area contributed by atoms with Gasteiger partial charge in [0.15, 0.2) is 0 Å². The summed E-state index contributed by atoms with van der Waals surface area (Å²) in [4.78, 5) is 0. The smallest absolute Gasteiger partial charge is 0.0487 e. The van der Waals surface area contributed by atoms with E-state index in [1.807, 2.05) is 0 Å². The zero-order valence-corrected chi connectivity index (χ0v) is 9.84. The van der Waals surface area contributed by atoms with Crippen LogP contribution >= 0.6 is 0 Å². The van der Waals surface area contributed by atoms with Crippen molar-refractivity contribution < 1.29 is 5.11 Å². The molecule has 1 N–H and O–H groups in total. The van der Waals surface area contributed by atoms with E-state index in [4.69, 9.17) is 0 Å². The molecule has 0 aromatic carbocycles. The van der Waals surface area contributed by atoms with E-state index in [2.05, 4.69) is 20.8 Å². The molecule has 2 rings (SSSR count). The molecule has 2 bridgehead atoms. The minimum absolute atomic E-state index is 0.282. The number of rotatable bonds is 1. The number of hydrogen-bond acceptors (Lipinski definition) is 1. The van der Waals surface area contributed by atoms with Gasteiger partial charge in [0.25, 0.3) is 0 Å². The molecule has 0 saturated heterocycles. The summed E-state index contributed by atoms with van der Waals surface area (Å²) in [5, 5.41) is 9.64. The van der Waals surface area contributed by atoms with E-state index in [1.165, 1.54) is 32.1 Å². The Kier molecular flexibility index (Phi) is 2.42. The first-order valence-corrected chi connectivity index (χ1v) is 6.06. The molecule has 2 saturated carbocycles. The molecule has 2 fully saturated rings. The molecular weight excluding hydrogens is 172 g/mol. The first kappa shape index (κ1) is 10.5. The molecule has 0 aromatic rings. The summed E-state index contributed by atoms with van der Waals surface area (Å²) >= 11 is 0. The van der Waals surface area contributed by atoms with Crippen molar-refractivity contribution in [2.45, 2.75) is 52.9 Å². The largest absolute Gasteiger partial charge is 0.396 e. The van der Waals surface area contributed by atoms with Gasteiger partial charge in [0.2, 0.25) is 0 Å². The molecule has 0 radical (unpaired) electrons. The van der Waals surface area contributed by atoms with E-state index in [-0.39, 0.29) is 5.41 Å². The molecule has 3 unspecified atom stereocenters. The Bertz CT molecular complexity index is 217. The quantitative estimate of drug-likeness (QED) is 0.682. The van der Waals surface area contributed by atoms with Gasteiger partial charge in [-0.1, -0.05) is 20.8 Å². The molecular formula is C13H24O. The fourth-order valence-corrected chi connectivity index (χ4v) is 4.52. The molecule has 1 heteroatoms. The summed E-state index contributed by atoms with van der Waals surface area (Å²) in [6.07, 6.45) is 6.54. The summed E-state index contributed by atoms with van der Waals surface area (Å²) in [6.45, 7) is 7.52. The normalized spacial score (nSPS) is 46.3. The van der Waals surface area contributed by atoms with Crippen LogP contribution in [0.2, 0.25) is 0 Å². The maximum Gasteiger partial charge on any atom is 0.0487 e. The van der Waals surface area contributed by atoms with Gasteiger partial charge in [-0.25, -0.2) is 0 Å². The van der Waals surface area contributed by atoms with Crippen LogP contribution in [0.1, 0.15) is 52.9 Å². The number of aliphatic hydroxyl groups excluding tert-OH is 1. The van der Waals surface area contributed by atoms with E-state index in [0.29, 0.717) is 12.0 Å². The summed E-state index contributed by atoms with van der Waals surface area (Å²) in [5.41, 5.74) is 0.746. The standard InChI is InChI=1S/C13H24O/c1-10-4-11-6-12(2,3)8-13(5-10,7-11)9-14/h10-11,14H,4-9H2,1-3H3. The molecule has 82 valence electrons. The SMILES string of the molecule is CC1CC2CC(C)(C)CC(CO)(C1)C2. The van der Waals surface area contributed by atoms with E-state index in [1.54, 1.807) is 0 Å². The lowest BCUT2D eigenvalue weighted by Crippen LogP contribution is -2.44. The highest BCUT2D eigenvalue weighted by atomic mass is 16.3. The summed E-state index contributed by atoms with van der Waals surface area (Å²) in [5.74, 6) is 1.71. The molecule has 0 aromatic heterocycles. The fraction of sp³-hybridized carbons (Fsp3) is 1.00. The van der Waals surface area contributed by atoms with E-state index in [9.17, 15) is 5.11 Å². The van der Waals surface area contributed by atoms with Crippen molar-refractivity contribution in [3.05, 3.63) is 0 Å². The van der Waals surface area contributed by atoms with Crippen molar-refractivity contribution >= 4 is 0 Å². The third-order valence-corrected chi connectivity index (χ3v) is 4.27. The number of aliphatic hydroxyl groups is 1. The van der Waals surface area contributed by atoms with Crippen molar-refractivity contribution in [1.29, 1.82) is 0 Å². The molecule has 0 aliphatic heterocycles. The van der Waals surface area contributed by atoms with Crippen LogP contribution in [0.15, 0.2) is 0 Å². The van der Waals surface area contributed by atoms with Crippen LogP contribution in [-0.4, -0.2) is 11.7 Å². The average molecular weight is 196 g/mol. The highest BCUT2D eigenvalue weighted by Crippen LogP contribution is 2.56. The molecule has 2 aliphatic rings. The minimum Gasteiger partial charge on any atom is -0.396 e. The highest BCUT2D eigenvalue weighted by Gasteiger charge is 2.47. The monoisotopic (exact) mass is 196 g/mol. The predicted octanol–water partition coefficient (Wildman–Crippen LogP) is 3.22. The van der Waals surface area contributed by atoms with Crippen LogP contribution in [0.3, 0.4) is 0 Å². The third-order valence-electron chi connectivity index (χ3n) is 4.27. The second-order valence-electron chi connectivity index (χ2n) is 6.82. The van der Waals surface area contributed by atoms with Crippen LogP contribution in [0.25, 0.3) is 0 Å². The maximum absolute atomic E-state index is 9.64. The molecule has 0 heterocycles. The van der Waals surface area contributed by atoms with Crippen molar-refractivity contribution in [1.82, 2.24) is 0 Å². The average Bonchev–Trinajstić information content (AvgIpc) is 1.99. The minimum atomic E-state index is 0.282. The third kappa shape index (κ3) is 1.84. The summed E-state index contributed by atoms with van der Waals surface area (Å²) < 4.78 is 0. The van der Waals surface area contributed by atoms with Crippen LogP contribution < -0.4 is 0 Å². The Hall–Kier alpha value is -0.0400. The first-order chi connectivity index (χ1) is 6.45. The van der Waals surface area contributed by atoms with Crippen molar-refractivity contribution in [2.24, 2.45) is 22.7 Å². The Morgan fingerprint density at radius 1 is 1.21 bits per heavy atom. The van der Waals surface area contributed by atoms with E-state index < -0.39 is 0 Å². The molecule has 2 aliphatic carbocycles. The van der Waals surface area contributed by atoms with Gasteiger partial charge in [0, 0.05) is 6.61 Å². The van der Waals surface area contributed by atoms with Gasteiger partial charge in [-0.3, -0.25) is 0 Å². The van der Waals surface area contributed by atoms with Gasteiger partial charge in [-0.2, -0.15) is 0 Å². The molecule has 0 spiro atoms. The molecule has 14 heavy (non-hydrogen) atoms. The molecule has 1 nitrogen and oxygen atoms in total. The lowest BCUT2D eigenvalue weighted by Gasteiger charge is -2.53. The van der Waals surface area contributed by atoms with Gasteiger partial charge in [-0.15, -0.1) is 0 Å². The van der Waals surface area contributed by atoms with Crippen molar-refractivity contribution in [2.75, 3.05) is 6.61 Å². The van der Waals surface area contributed by atoms with Gasteiger partial charge >= 0.3 is 0 Å². The first-order valence-electron chi connectivity index (χ1n) is 6.06. The molecule has 3 atom stereocenters. The Balaban J connectivity index is 2.20.